The summed E-state index contributed by atoms with van der Waals surface area (Å²) < 4.78 is 0. The number of carbonyl (C=O) groups is 2. The average molecular weight is 378 g/mol. The van der Waals surface area contributed by atoms with Crippen LogP contribution in [-0.4, -0.2) is 46.3 Å². The van der Waals surface area contributed by atoms with E-state index in [4.69, 9.17) is 11.6 Å². The normalized spacial score (nSPS) is 31.9. The van der Waals surface area contributed by atoms with Crippen molar-refractivity contribution in [1.82, 2.24) is 15.3 Å². The molecule has 0 aromatic carbocycles. The lowest BCUT2D eigenvalue weighted by Crippen LogP contribution is -2.55. The molecule has 0 bridgehead atoms. The highest BCUT2D eigenvalue weighted by Gasteiger charge is 2.41. The Bertz CT molecular complexity index is 742. The molecule has 8 heteroatoms. The van der Waals surface area contributed by atoms with Crippen molar-refractivity contribution in [3.05, 3.63) is 11.8 Å². The van der Waals surface area contributed by atoms with Crippen molar-refractivity contribution in [2.45, 2.75) is 56.5 Å². The van der Waals surface area contributed by atoms with E-state index in [1.165, 1.54) is 0 Å². The molecule has 0 spiro atoms. The Balaban J connectivity index is 1.46. The molecule has 0 radical (unpaired) electrons. The topological polar surface area (TPSA) is 87.2 Å². The number of aromatic nitrogens is 2. The van der Waals surface area contributed by atoms with E-state index in [1.54, 1.807) is 18.1 Å². The molecular weight excluding hydrogens is 354 g/mol. The number of hydrogen-bond donors (Lipinski definition) is 2. The van der Waals surface area contributed by atoms with Crippen molar-refractivity contribution >= 4 is 35.2 Å². The molecule has 26 heavy (non-hydrogen) atoms. The van der Waals surface area contributed by atoms with Gasteiger partial charge in [0, 0.05) is 36.3 Å². The highest BCUT2D eigenvalue weighted by molar-refractivity contribution is 6.20. The van der Waals surface area contributed by atoms with Gasteiger partial charge in [-0.2, -0.15) is 4.98 Å². The van der Waals surface area contributed by atoms with Crippen LogP contribution in [0.2, 0.25) is 0 Å². The Kier molecular flexibility index (Phi) is 4.50. The minimum absolute atomic E-state index is 0.0186. The van der Waals surface area contributed by atoms with Crippen LogP contribution in [0.4, 0.5) is 11.8 Å². The van der Waals surface area contributed by atoms with E-state index < -0.39 is 0 Å². The molecule has 1 aromatic heterocycles. The second kappa shape index (κ2) is 6.68. The number of carbonyl (C=O) groups excluding carboxylic acids is 2. The fourth-order valence-corrected chi connectivity index (χ4v) is 4.75. The van der Waals surface area contributed by atoms with Gasteiger partial charge in [-0.15, -0.1) is 11.6 Å². The molecule has 3 heterocycles. The number of anilines is 2. The van der Waals surface area contributed by atoms with Gasteiger partial charge < -0.3 is 10.6 Å². The molecule has 1 saturated heterocycles. The molecule has 1 aliphatic carbocycles. The molecule has 2 fully saturated rings. The van der Waals surface area contributed by atoms with Crippen LogP contribution < -0.4 is 15.5 Å². The third-order valence-corrected chi connectivity index (χ3v) is 6.37. The predicted octanol–water partition coefficient (Wildman–Crippen LogP) is 1.71. The third kappa shape index (κ3) is 3.13. The van der Waals surface area contributed by atoms with Crippen molar-refractivity contribution in [1.29, 1.82) is 0 Å². The summed E-state index contributed by atoms with van der Waals surface area (Å²) in [5, 5.41) is 6.65. The first-order chi connectivity index (χ1) is 12.4. The molecule has 2 amide bonds. The second-order valence-corrected chi connectivity index (χ2v) is 8.35. The Morgan fingerprint density at radius 2 is 2.15 bits per heavy atom. The van der Waals surface area contributed by atoms with E-state index in [0.717, 1.165) is 31.2 Å². The van der Waals surface area contributed by atoms with Crippen LogP contribution >= 0.6 is 11.6 Å². The summed E-state index contributed by atoms with van der Waals surface area (Å²) in [5.41, 5.74) is 0.837. The van der Waals surface area contributed by atoms with E-state index in [0.29, 0.717) is 24.1 Å². The van der Waals surface area contributed by atoms with Crippen molar-refractivity contribution in [3.8, 4) is 0 Å². The fourth-order valence-electron chi connectivity index (χ4n) is 4.40. The maximum Gasteiger partial charge on any atom is 0.232 e. The molecule has 140 valence electrons. The van der Waals surface area contributed by atoms with Crippen LogP contribution in [0.1, 0.15) is 38.2 Å². The number of alkyl halides is 1. The summed E-state index contributed by atoms with van der Waals surface area (Å²) >= 11 is 6.33. The summed E-state index contributed by atoms with van der Waals surface area (Å²) in [7, 11) is 1.72. The van der Waals surface area contributed by atoms with Crippen LogP contribution in [0.3, 0.4) is 0 Å². The maximum absolute atomic E-state index is 12.6. The molecule has 1 saturated carbocycles. The van der Waals surface area contributed by atoms with E-state index in [1.807, 2.05) is 6.92 Å². The van der Waals surface area contributed by atoms with Crippen molar-refractivity contribution in [2.75, 3.05) is 17.3 Å². The first-order valence-electron chi connectivity index (χ1n) is 9.26. The highest BCUT2D eigenvalue weighted by atomic mass is 35.5. The Hall–Kier alpha value is -1.89. The molecule has 1 aromatic rings. The van der Waals surface area contributed by atoms with Crippen molar-refractivity contribution in [2.24, 2.45) is 11.8 Å². The Labute approximate surface area is 157 Å². The van der Waals surface area contributed by atoms with Gasteiger partial charge in [0.15, 0.2) is 0 Å². The summed E-state index contributed by atoms with van der Waals surface area (Å²) in [5.74, 6) is 1.49. The zero-order valence-corrected chi connectivity index (χ0v) is 15.8. The number of likely N-dealkylation sites (N-methyl/N-ethyl adjacent to an activating group) is 1. The lowest BCUT2D eigenvalue weighted by molar-refractivity contribution is -0.130. The van der Waals surface area contributed by atoms with E-state index in [2.05, 4.69) is 20.6 Å². The lowest BCUT2D eigenvalue weighted by Gasteiger charge is -2.42. The van der Waals surface area contributed by atoms with Gasteiger partial charge in [0.2, 0.25) is 17.8 Å². The zero-order chi connectivity index (χ0) is 18.4. The van der Waals surface area contributed by atoms with Crippen LogP contribution in [-0.2, 0) is 16.0 Å². The minimum atomic E-state index is -0.144. The quantitative estimate of drug-likeness (QED) is 0.783. The van der Waals surface area contributed by atoms with Gasteiger partial charge in [-0.25, -0.2) is 4.98 Å². The zero-order valence-electron chi connectivity index (χ0n) is 15.0. The SMILES string of the molecule is C[C@H](Nc1ncc2c(n1)N(C)C(=O)C2)C1CC2CC(Cl)CCC2NC1=O. The standard InChI is InChI=1S/C18H24ClN5O2/c1-9(13-6-10-5-12(19)3-4-14(10)22-17(13)26)21-18-20-8-11-7-15(25)24(2)16(11)23-18/h8-10,12-14H,3-7H2,1-2H3,(H,22,26)(H,20,21,23)/t9-,10?,12?,13?,14?/m0/s1. The smallest absolute Gasteiger partial charge is 0.232 e. The molecule has 5 atom stereocenters. The fraction of sp³-hybridized carbons (Fsp3) is 0.667. The number of nitrogens with one attached hydrogen (secondary N) is 2. The number of piperidine rings is 1. The molecule has 4 rings (SSSR count). The molecule has 4 unspecified atom stereocenters. The van der Waals surface area contributed by atoms with Gasteiger partial charge in [0.25, 0.3) is 0 Å². The molecular formula is C18H24ClN5O2. The third-order valence-electron chi connectivity index (χ3n) is 5.98. The number of nitrogens with zero attached hydrogens (tertiary/aromatic N) is 3. The van der Waals surface area contributed by atoms with E-state index in [9.17, 15) is 9.59 Å². The average Bonchev–Trinajstić information content (AvgIpc) is 2.89. The van der Waals surface area contributed by atoms with Crippen LogP contribution in [0.5, 0.6) is 0 Å². The number of fused-ring (bicyclic) bond motifs is 2. The molecule has 2 N–H and O–H groups in total. The van der Waals surface area contributed by atoms with Crippen molar-refractivity contribution in [3.63, 3.8) is 0 Å². The van der Waals surface area contributed by atoms with Gasteiger partial charge in [-0.05, 0) is 38.5 Å². The van der Waals surface area contributed by atoms with Gasteiger partial charge >= 0.3 is 0 Å². The number of rotatable bonds is 3. The van der Waals surface area contributed by atoms with E-state index in [-0.39, 0.29) is 35.2 Å². The molecule has 7 nitrogen and oxygen atoms in total. The maximum atomic E-state index is 12.6. The van der Waals surface area contributed by atoms with Crippen LogP contribution in [0.25, 0.3) is 0 Å². The van der Waals surface area contributed by atoms with Gasteiger partial charge in [-0.1, -0.05) is 0 Å². The minimum Gasteiger partial charge on any atom is -0.353 e. The predicted molar refractivity (Wildman–Crippen MR) is 99.3 cm³/mol. The molecule has 3 aliphatic rings. The second-order valence-electron chi connectivity index (χ2n) is 7.73. The van der Waals surface area contributed by atoms with Crippen LogP contribution in [0, 0.1) is 11.8 Å². The van der Waals surface area contributed by atoms with Gasteiger partial charge in [0.1, 0.15) is 5.82 Å². The largest absolute Gasteiger partial charge is 0.353 e. The summed E-state index contributed by atoms with van der Waals surface area (Å²) in [4.78, 5) is 34.7. The lowest BCUT2D eigenvalue weighted by atomic mass is 9.74. The monoisotopic (exact) mass is 377 g/mol. The summed E-state index contributed by atoms with van der Waals surface area (Å²) in [6.45, 7) is 1.98. The van der Waals surface area contributed by atoms with E-state index >= 15 is 0 Å². The highest BCUT2D eigenvalue weighted by Crippen LogP contribution is 2.37. The first kappa shape index (κ1) is 17.5. The summed E-state index contributed by atoms with van der Waals surface area (Å²) in [6, 6.07) is 0.156. The number of amides is 2. The van der Waals surface area contributed by atoms with Crippen molar-refractivity contribution < 1.29 is 9.59 Å². The van der Waals surface area contributed by atoms with Crippen LogP contribution in [0.15, 0.2) is 6.20 Å². The number of hydrogen-bond acceptors (Lipinski definition) is 5. The summed E-state index contributed by atoms with van der Waals surface area (Å²) in [6.07, 6.45) is 5.75. The first-order valence-corrected chi connectivity index (χ1v) is 9.69. The molecule has 2 aliphatic heterocycles. The Morgan fingerprint density at radius 1 is 1.35 bits per heavy atom. The Morgan fingerprint density at radius 3 is 2.96 bits per heavy atom. The number of halogens is 1. The van der Waals surface area contributed by atoms with Gasteiger partial charge in [0.05, 0.1) is 12.3 Å². The van der Waals surface area contributed by atoms with Gasteiger partial charge in [-0.3, -0.25) is 14.5 Å².